The van der Waals surface area contributed by atoms with Gasteiger partial charge in [-0.25, -0.2) is 0 Å². The van der Waals surface area contributed by atoms with Crippen molar-refractivity contribution in [3.05, 3.63) is 12.7 Å². The molecule has 2 aliphatic heterocycles. The molecule has 20 heavy (non-hydrogen) atoms. The Bertz CT molecular complexity index is 388. The highest BCUT2D eigenvalue weighted by Crippen LogP contribution is 2.53. The minimum Gasteiger partial charge on any atom is -0.386 e. The Kier molecular flexibility index (Phi) is 4.00. The van der Waals surface area contributed by atoms with Crippen LogP contribution in [-0.4, -0.2) is 43.7 Å². The van der Waals surface area contributed by atoms with Crippen LogP contribution in [0.5, 0.6) is 0 Å². The summed E-state index contributed by atoms with van der Waals surface area (Å²) in [6.45, 7) is 18.2. The van der Waals surface area contributed by atoms with E-state index >= 15 is 0 Å². The summed E-state index contributed by atoms with van der Waals surface area (Å²) in [5, 5.41) is 10.7. The Hall–Kier alpha value is -0.163. The quantitative estimate of drug-likeness (QED) is 0.640. The summed E-state index contributed by atoms with van der Waals surface area (Å²) in [4.78, 5) is 0. The lowest BCUT2D eigenvalue weighted by molar-refractivity contribution is -0.168. The molecular formula is C16H30O3Si. The largest absolute Gasteiger partial charge is 0.386 e. The number of aliphatic hydroxyl groups is 1. The van der Waals surface area contributed by atoms with E-state index < -0.39 is 19.8 Å². The molecule has 2 aliphatic rings. The zero-order chi connectivity index (χ0) is 15.3. The zero-order valence-electron chi connectivity index (χ0n) is 13.8. The first-order chi connectivity index (χ1) is 9.05. The molecule has 2 bridgehead atoms. The Labute approximate surface area is 124 Å². The molecule has 2 heterocycles. The lowest BCUT2D eigenvalue weighted by atomic mass is 9.85. The molecule has 0 aromatic heterocycles. The van der Waals surface area contributed by atoms with Crippen molar-refractivity contribution in [1.29, 1.82) is 0 Å². The monoisotopic (exact) mass is 298 g/mol. The van der Waals surface area contributed by atoms with Gasteiger partial charge in [-0.2, -0.15) is 0 Å². The van der Waals surface area contributed by atoms with Gasteiger partial charge in [0.15, 0.2) is 0 Å². The van der Waals surface area contributed by atoms with Crippen LogP contribution in [0.1, 0.15) is 27.7 Å². The van der Waals surface area contributed by atoms with E-state index in [0.29, 0.717) is 11.6 Å². The first-order valence-electron chi connectivity index (χ1n) is 7.65. The highest BCUT2D eigenvalue weighted by Gasteiger charge is 2.63. The molecule has 0 aromatic carbocycles. The fourth-order valence-corrected chi connectivity index (χ4v) is 5.73. The van der Waals surface area contributed by atoms with Gasteiger partial charge in [0.25, 0.3) is 0 Å². The second-order valence-corrected chi connectivity index (χ2v) is 13.9. The number of hydrogen-bond acceptors (Lipinski definition) is 3. The van der Waals surface area contributed by atoms with Crippen molar-refractivity contribution in [2.45, 2.75) is 75.8 Å². The average Bonchev–Trinajstić information content (AvgIpc) is 2.78. The van der Waals surface area contributed by atoms with Gasteiger partial charge in [-0.05, 0) is 18.0 Å². The predicted molar refractivity (Wildman–Crippen MR) is 84.7 cm³/mol. The fourth-order valence-electron chi connectivity index (χ4n) is 3.44. The molecule has 3 nitrogen and oxygen atoms in total. The van der Waals surface area contributed by atoms with Gasteiger partial charge < -0.3 is 14.6 Å². The molecular weight excluding hydrogens is 268 g/mol. The van der Waals surface area contributed by atoms with Gasteiger partial charge in [0.1, 0.15) is 11.7 Å². The molecule has 4 heteroatoms. The first kappa shape index (κ1) is 16.2. The van der Waals surface area contributed by atoms with Gasteiger partial charge in [0.2, 0.25) is 0 Å². The molecule has 2 fully saturated rings. The highest BCUT2D eigenvalue weighted by atomic mass is 28.3. The van der Waals surface area contributed by atoms with Crippen LogP contribution in [0.3, 0.4) is 0 Å². The van der Waals surface area contributed by atoms with Gasteiger partial charge in [-0.3, -0.25) is 0 Å². The van der Waals surface area contributed by atoms with Crippen molar-refractivity contribution in [2.75, 3.05) is 6.61 Å². The van der Waals surface area contributed by atoms with Crippen LogP contribution < -0.4 is 0 Å². The van der Waals surface area contributed by atoms with E-state index in [1.54, 1.807) is 6.08 Å². The molecule has 0 unspecified atom stereocenters. The van der Waals surface area contributed by atoms with Gasteiger partial charge >= 0.3 is 0 Å². The van der Waals surface area contributed by atoms with E-state index in [1.165, 1.54) is 0 Å². The number of hydrogen-bond donors (Lipinski definition) is 1. The molecule has 0 saturated carbocycles. The summed E-state index contributed by atoms with van der Waals surface area (Å²) >= 11 is 0. The van der Waals surface area contributed by atoms with Crippen molar-refractivity contribution in [1.82, 2.24) is 0 Å². The average molecular weight is 298 g/mol. The highest BCUT2D eigenvalue weighted by molar-refractivity contribution is 6.80. The van der Waals surface area contributed by atoms with Crippen LogP contribution in [0.15, 0.2) is 12.7 Å². The number of ether oxygens (including phenoxy) is 2. The molecule has 0 amide bonds. The SMILES string of the molecule is C=C[C@H](O)[C@@]12CO[C@@H]([C@H](C)O1)[C@@H]2C[Si](C)(C)C(C)(C)C. The maximum absolute atomic E-state index is 10.4. The second kappa shape index (κ2) is 4.94. The van der Waals surface area contributed by atoms with Crippen LogP contribution >= 0.6 is 0 Å². The minimum atomic E-state index is -1.45. The maximum atomic E-state index is 10.4. The molecule has 0 spiro atoms. The third-order valence-corrected chi connectivity index (χ3v) is 11.4. The first-order valence-corrected chi connectivity index (χ1v) is 10.9. The fraction of sp³-hybridized carbons (Fsp3) is 0.875. The van der Waals surface area contributed by atoms with Crippen LogP contribution in [0.4, 0.5) is 0 Å². The lowest BCUT2D eigenvalue weighted by Crippen LogP contribution is -2.51. The van der Waals surface area contributed by atoms with E-state index in [1.807, 2.05) is 0 Å². The Morgan fingerprint density at radius 3 is 2.50 bits per heavy atom. The maximum Gasteiger partial charge on any atom is 0.126 e. The molecule has 2 rings (SSSR count). The second-order valence-electron chi connectivity index (χ2n) is 8.18. The van der Waals surface area contributed by atoms with Crippen molar-refractivity contribution < 1.29 is 14.6 Å². The van der Waals surface area contributed by atoms with Crippen molar-refractivity contribution in [2.24, 2.45) is 5.92 Å². The normalized spacial score (nSPS) is 39.0. The summed E-state index contributed by atoms with van der Waals surface area (Å²) < 4.78 is 12.1. The minimum absolute atomic E-state index is 0.0631. The molecule has 0 radical (unpaired) electrons. The number of fused-ring (bicyclic) bond motifs is 2. The standard InChI is InChI=1S/C16H30O3Si/c1-8-13(17)16-10-18-14(11(2)19-16)12(16)9-20(6,7)15(3,4)5/h8,11-14,17H,1,9-10H2,2-7H3/t11-,12-,13-,14-,16-/m0/s1. The van der Waals surface area contributed by atoms with Gasteiger partial charge in [-0.1, -0.05) is 39.9 Å². The van der Waals surface area contributed by atoms with Crippen molar-refractivity contribution >= 4 is 8.07 Å². The molecule has 0 aliphatic carbocycles. The zero-order valence-corrected chi connectivity index (χ0v) is 14.8. The Morgan fingerprint density at radius 2 is 2.05 bits per heavy atom. The number of aliphatic hydroxyl groups excluding tert-OH is 1. The van der Waals surface area contributed by atoms with E-state index in [4.69, 9.17) is 9.47 Å². The summed E-state index contributed by atoms with van der Waals surface area (Å²) in [5.74, 6) is 0.284. The van der Waals surface area contributed by atoms with Crippen molar-refractivity contribution in [3.63, 3.8) is 0 Å². The predicted octanol–water partition coefficient (Wildman–Crippen LogP) is 3.21. The third-order valence-electron chi connectivity index (χ3n) is 5.88. The van der Waals surface area contributed by atoms with Gasteiger partial charge in [0.05, 0.1) is 26.9 Å². The molecule has 116 valence electrons. The lowest BCUT2D eigenvalue weighted by Gasteiger charge is -2.42. The van der Waals surface area contributed by atoms with Crippen LogP contribution in [0.2, 0.25) is 24.2 Å². The molecule has 1 N–H and O–H groups in total. The van der Waals surface area contributed by atoms with E-state index in [0.717, 1.165) is 6.04 Å². The van der Waals surface area contributed by atoms with Crippen molar-refractivity contribution in [3.8, 4) is 0 Å². The molecule has 2 saturated heterocycles. The van der Waals surface area contributed by atoms with E-state index in [9.17, 15) is 5.11 Å². The summed E-state index contributed by atoms with van der Waals surface area (Å²) in [6.07, 6.45) is 1.14. The van der Waals surface area contributed by atoms with E-state index in [2.05, 4.69) is 47.4 Å². The molecule has 0 aromatic rings. The third kappa shape index (κ3) is 2.30. The topological polar surface area (TPSA) is 38.7 Å². The van der Waals surface area contributed by atoms with Crippen LogP contribution in [0.25, 0.3) is 0 Å². The summed E-state index contributed by atoms with van der Waals surface area (Å²) in [7, 11) is -1.45. The number of rotatable bonds is 4. The van der Waals surface area contributed by atoms with Crippen LogP contribution in [0, 0.1) is 5.92 Å². The Morgan fingerprint density at radius 1 is 1.45 bits per heavy atom. The Balaban J connectivity index is 2.29. The smallest absolute Gasteiger partial charge is 0.126 e. The summed E-state index contributed by atoms with van der Waals surface area (Å²) in [6, 6.07) is 1.12. The van der Waals surface area contributed by atoms with Gasteiger partial charge in [-0.15, -0.1) is 6.58 Å². The van der Waals surface area contributed by atoms with Gasteiger partial charge in [0, 0.05) is 5.92 Å². The summed E-state index contributed by atoms with van der Waals surface area (Å²) in [5.41, 5.74) is -0.568. The van der Waals surface area contributed by atoms with Crippen LogP contribution in [-0.2, 0) is 9.47 Å². The van der Waals surface area contributed by atoms with E-state index in [-0.39, 0.29) is 18.1 Å². The molecule has 5 atom stereocenters.